The van der Waals surface area contributed by atoms with Gasteiger partial charge in [0, 0.05) is 19.1 Å². The zero-order chi connectivity index (χ0) is 25.3. The van der Waals surface area contributed by atoms with Gasteiger partial charge in [-0.2, -0.15) is 0 Å². The largest absolute Gasteiger partial charge is 0.496 e. The molecule has 0 fully saturated rings. The van der Waals surface area contributed by atoms with Gasteiger partial charge in [-0.1, -0.05) is 0 Å². The Labute approximate surface area is 197 Å². The van der Waals surface area contributed by atoms with Crippen molar-refractivity contribution in [1.29, 1.82) is 0 Å². The van der Waals surface area contributed by atoms with Crippen molar-refractivity contribution in [3.05, 3.63) is 41.3 Å². The molecule has 12 heteroatoms. The number of amides is 1. The maximum absolute atomic E-state index is 12.7. The maximum atomic E-state index is 12.7. The normalized spacial score (nSPS) is 11.0. The van der Waals surface area contributed by atoms with Gasteiger partial charge in [-0.25, -0.2) is 8.42 Å². The molecule has 1 amide bonds. The number of rotatable bonds is 11. The summed E-state index contributed by atoms with van der Waals surface area (Å²) in [5.41, 5.74) is 0.730. The highest BCUT2D eigenvalue weighted by atomic mass is 32.2. The van der Waals surface area contributed by atoms with E-state index in [1.54, 1.807) is 12.1 Å². The van der Waals surface area contributed by atoms with Crippen molar-refractivity contribution in [2.75, 3.05) is 45.1 Å². The lowest BCUT2D eigenvalue weighted by atomic mass is 10.1. The second-order valence-corrected chi connectivity index (χ2v) is 8.21. The smallest absolute Gasteiger partial charge is 0.303 e. The molecule has 0 bridgehead atoms. The first-order chi connectivity index (χ1) is 16.1. The minimum absolute atomic E-state index is 0.155. The molecule has 34 heavy (non-hydrogen) atoms. The van der Waals surface area contributed by atoms with E-state index in [2.05, 4.69) is 14.8 Å². The molecule has 0 unspecified atom stereocenters. The number of sulfonamides is 1. The monoisotopic (exact) mass is 494 g/mol. The van der Waals surface area contributed by atoms with Gasteiger partial charge in [0.25, 0.3) is 15.9 Å². The fourth-order valence-corrected chi connectivity index (χ4v) is 3.61. The van der Waals surface area contributed by atoms with E-state index < -0.39 is 28.5 Å². The Morgan fingerprint density at radius 3 is 2.06 bits per heavy atom. The third kappa shape index (κ3) is 7.30. The average Bonchev–Trinajstić information content (AvgIpc) is 2.80. The van der Waals surface area contributed by atoms with Crippen LogP contribution in [-0.4, -0.2) is 55.3 Å². The lowest BCUT2D eigenvalue weighted by Gasteiger charge is -2.13. The highest BCUT2D eigenvalue weighted by Gasteiger charge is 2.15. The Morgan fingerprint density at radius 2 is 1.53 bits per heavy atom. The Balaban J connectivity index is 2.27. The summed E-state index contributed by atoms with van der Waals surface area (Å²) in [5.74, 6) is 0.234. The topological polar surface area (TPSA) is 138 Å². The molecule has 0 atom stereocenters. The van der Waals surface area contributed by atoms with Crippen molar-refractivity contribution in [3.63, 3.8) is 0 Å². The van der Waals surface area contributed by atoms with Crippen LogP contribution in [0.15, 0.2) is 35.7 Å². The quantitative estimate of drug-likeness (QED) is 0.451. The van der Waals surface area contributed by atoms with Crippen LogP contribution in [0.25, 0.3) is 6.08 Å². The number of hydrogen-bond acceptors (Lipinski definition) is 9. The van der Waals surface area contributed by atoms with Crippen molar-refractivity contribution >= 4 is 39.4 Å². The molecule has 0 saturated heterocycles. The van der Waals surface area contributed by atoms with Gasteiger partial charge in [-0.05, 0) is 24.3 Å². The van der Waals surface area contributed by atoms with Crippen molar-refractivity contribution in [2.45, 2.75) is 6.92 Å². The fraction of sp³-hybridized carbons (Fsp3) is 0.273. The number of ether oxygens (including phenoxy) is 5. The van der Waals surface area contributed by atoms with Gasteiger partial charge in [-0.3, -0.25) is 14.3 Å². The molecule has 0 radical (unpaired) electrons. The van der Waals surface area contributed by atoms with Crippen molar-refractivity contribution < 1.29 is 41.7 Å². The summed E-state index contributed by atoms with van der Waals surface area (Å²) in [5, 5.41) is 3.45. The summed E-state index contributed by atoms with van der Waals surface area (Å²) in [6.45, 7) is 0.677. The SMILES string of the molecule is COc1cc(OC)c(/C=C/S(=O)(=O)Nc2ccc(OC)c(NC(=O)COC(C)=O)c2)c(OC)c1. The van der Waals surface area contributed by atoms with Gasteiger partial charge in [-0.15, -0.1) is 0 Å². The van der Waals surface area contributed by atoms with E-state index in [0.717, 1.165) is 5.41 Å². The standard InChI is InChI=1S/C22H26N2O9S/c1-14(25)33-13-22(26)23-18-10-15(6-7-19(18)30-3)24-34(27,28)9-8-17-20(31-4)11-16(29-2)12-21(17)32-5/h6-12,24H,13H2,1-5H3,(H,23,26)/b9-8+. The van der Waals surface area contributed by atoms with E-state index in [4.69, 9.17) is 18.9 Å². The second-order valence-electron chi connectivity index (χ2n) is 6.64. The van der Waals surface area contributed by atoms with Gasteiger partial charge in [0.2, 0.25) is 0 Å². The number of benzene rings is 2. The second kappa shape index (κ2) is 11.8. The third-order valence-corrected chi connectivity index (χ3v) is 5.32. The van der Waals surface area contributed by atoms with E-state index in [0.29, 0.717) is 22.8 Å². The summed E-state index contributed by atoms with van der Waals surface area (Å²) >= 11 is 0. The molecule has 2 aromatic rings. The minimum atomic E-state index is -3.98. The van der Waals surface area contributed by atoms with E-state index in [1.807, 2.05) is 0 Å². The number of carbonyl (C=O) groups is 2. The predicted octanol–water partition coefficient (Wildman–Crippen LogP) is 2.64. The van der Waals surface area contributed by atoms with Gasteiger partial charge in [0.1, 0.15) is 23.0 Å². The molecule has 11 nitrogen and oxygen atoms in total. The Bertz CT molecular complexity index is 1150. The average molecular weight is 495 g/mol. The number of methoxy groups -OCH3 is 4. The van der Waals surface area contributed by atoms with Crippen LogP contribution < -0.4 is 29.0 Å². The molecule has 2 rings (SSSR count). The molecule has 2 N–H and O–H groups in total. The Hall–Kier alpha value is -3.93. The van der Waals surface area contributed by atoms with Crippen LogP contribution in [0.2, 0.25) is 0 Å². The Kier molecular flexibility index (Phi) is 9.13. The zero-order valence-corrected chi connectivity index (χ0v) is 20.1. The first-order valence-corrected chi connectivity index (χ1v) is 11.3. The predicted molar refractivity (Wildman–Crippen MR) is 126 cm³/mol. The molecule has 2 aromatic carbocycles. The molecule has 0 aliphatic rings. The van der Waals surface area contributed by atoms with Crippen molar-refractivity contribution in [3.8, 4) is 23.0 Å². The summed E-state index contributed by atoms with van der Waals surface area (Å²) in [6, 6.07) is 7.48. The summed E-state index contributed by atoms with van der Waals surface area (Å²) in [6.07, 6.45) is 1.32. The van der Waals surface area contributed by atoms with Crippen LogP contribution in [0.1, 0.15) is 12.5 Å². The maximum Gasteiger partial charge on any atom is 0.303 e. The number of anilines is 2. The Morgan fingerprint density at radius 1 is 0.912 bits per heavy atom. The summed E-state index contributed by atoms with van der Waals surface area (Å²) in [7, 11) is 1.77. The molecule has 184 valence electrons. The minimum Gasteiger partial charge on any atom is -0.496 e. The molecule has 0 aliphatic carbocycles. The fourth-order valence-electron chi connectivity index (χ4n) is 2.78. The highest BCUT2D eigenvalue weighted by Crippen LogP contribution is 2.35. The number of esters is 1. The molecular weight excluding hydrogens is 468 g/mol. The summed E-state index contributed by atoms with van der Waals surface area (Å²) < 4.78 is 53.4. The van der Waals surface area contributed by atoms with Crippen LogP contribution in [0.5, 0.6) is 23.0 Å². The van der Waals surface area contributed by atoms with Crippen LogP contribution in [0, 0.1) is 0 Å². The van der Waals surface area contributed by atoms with Gasteiger partial charge in [0.15, 0.2) is 6.61 Å². The highest BCUT2D eigenvalue weighted by molar-refractivity contribution is 7.95. The number of carbonyl (C=O) groups excluding carboxylic acids is 2. The first kappa shape index (κ1) is 26.3. The molecule has 0 aromatic heterocycles. The lowest BCUT2D eigenvalue weighted by molar-refractivity contribution is -0.144. The van der Waals surface area contributed by atoms with Crippen LogP contribution >= 0.6 is 0 Å². The molecular formula is C22H26N2O9S. The molecule has 0 aliphatic heterocycles. The third-order valence-electron chi connectivity index (χ3n) is 4.31. The summed E-state index contributed by atoms with van der Waals surface area (Å²) in [4.78, 5) is 22.9. The van der Waals surface area contributed by atoms with E-state index in [-0.39, 0.29) is 17.1 Å². The van der Waals surface area contributed by atoms with Crippen LogP contribution in [0.4, 0.5) is 11.4 Å². The van der Waals surface area contributed by atoms with Crippen molar-refractivity contribution in [1.82, 2.24) is 0 Å². The van der Waals surface area contributed by atoms with E-state index in [9.17, 15) is 18.0 Å². The van der Waals surface area contributed by atoms with Gasteiger partial charge >= 0.3 is 5.97 Å². The van der Waals surface area contributed by atoms with Crippen LogP contribution in [0.3, 0.4) is 0 Å². The first-order valence-electron chi connectivity index (χ1n) is 9.74. The molecule has 0 heterocycles. The van der Waals surface area contributed by atoms with Gasteiger partial charge < -0.3 is 29.0 Å². The molecule has 0 saturated carbocycles. The lowest BCUT2D eigenvalue weighted by Crippen LogP contribution is -2.20. The number of hydrogen-bond donors (Lipinski definition) is 2. The number of nitrogens with one attached hydrogen (secondary N) is 2. The van der Waals surface area contributed by atoms with E-state index >= 15 is 0 Å². The zero-order valence-electron chi connectivity index (χ0n) is 19.3. The van der Waals surface area contributed by atoms with Crippen LogP contribution in [-0.2, 0) is 24.3 Å². The van der Waals surface area contributed by atoms with Crippen molar-refractivity contribution in [2.24, 2.45) is 0 Å². The van der Waals surface area contributed by atoms with Gasteiger partial charge in [0.05, 0.1) is 50.8 Å². The molecule has 0 spiro atoms. The van der Waals surface area contributed by atoms with E-state index in [1.165, 1.54) is 59.6 Å².